The van der Waals surface area contributed by atoms with Crippen LogP contribution in [0.3, 0.4) is 0 Å². The van der Waals surface area contributed by atoms with E-state index in [1.54, 1.807) is 17.5 Å². The van der Waals surface area contributed by atoms with Crippen LogP contribution >= 0.6 is 22.9 Å². The number of fused-ring (bicyclic) bond motifs is 2. The van der Waals surface area contributed by atoms with E-state index >= 15 is 0 Å². The van der Waals surface area contributed by atoms with Crippen LogP contribution in [0.5, 0.6) is 0 Å². The number of hydrogen-bond acceptors (Lipinski definition) is 7. The SMILES string of the molecule is CN1CCc2c(cc(Nc3ncc(Cl)c(N4CC(C)(CC(=O)O)c5ccccc54)n3)cc2-c2ccsc2)C1. The second kappa shape index (κ2) is 9.69. The number of para-hydroxylation sites is 1. The van der Waals surface area contributed by atoms with Gasteiger partial charge in [0.1, 0.15) is 5.02 Å². The molecule has 2 aliphatic heterocycles. The van der Waals surface area contributed by atoms with Gasteiger partial charge in [0.15, 0.2) is 5.82 Å². The van der Waals surface area contributed by atoms with E-state index < -0.39 is 11.4 Å². The fraction of sp³-hybridized carbons (Fsp3) is 0.276. The summed E-state index contributed by atoms with van der Waals surface area (Å²) in [6.07, 6.45) is 2.64. The minimum absolute atomic E-state index is 0.0171. The number of thiophene rings is 1. The molecule has 6 rings (SSSR count). The zero-order valence-electron chi connectivity index (χ0n) is 21.2. The number of benzene rings is 2. The maximum atomic E-state index is 11.7. The van der Waals surface area contributed by atoms with E-state index in [9.17, 15) is 9.90 Å². The minimum atomic E-state index is -0.834. The third-order valence-electron chi connectivity index (χ3n) is 7.49. The topological polar surface area (TPSA) is 81.6 Å². The molecule has 0 fully saturated rings. The van der Waals surface area contributed by atoms with Gasteiger partial charge in [-0.15, -0.1) is 0 Å². The maximum Gasteiger partial charge on any atom is 0.304 e. The zero-order valence-corrected chi connectivity index (χ0v) is 22.8. The van der Waals surface area contributed by atoms with Gasteiger partial charge in [0.2, 0.25) is 5.95 Å². The number of anilines is 4. The van der Waals surface area contributed by atoms with Gasteiger partial charge in [-0.3, -0.25) is 4.79 Å². The molecule has 2 N–H and O–H groups in total. The largest absolute Gasteiger partial charge is 0.481 e. The Morgan fingerprint density at radius 2 is 2.11 bits per heavy atom. The Bertz CT molecular complexity index is 1530. The van der Waals surface area contributed by atoms with Crippen molar-refractivity contribution in [2.75, 3.05) is 30.4 Å². The second-order valence-electron chi connectivity index (χ2n) is 10.4. The lowest BCUT2D eigenvalue weighted by molar-refractivity contribution is -0.138. The fourth-order valence-corrected chi connectivity index (χ4v) is 6.59. The van der Waals surface area contributed by atoms with Crippen LogP contribution in [0.1, 0.15) is 30.0 Å². The van der Waals surface area contributed by atoms with Crippen molar-refractivity contribution in [3.8, 4) is 11.1 Å². The molecule has 2 aromatic carbocycles. The van der Waals surface area contributed by atoms with E-state index in [0.29, 0.717) is 23.3 Å². The van der Waals surface area contributed by atoms with Crippen molar-refractivity contribution in [2.45, 2.75) is 31.7 Å². The summed E-state index contributed by atoms with van der Waals surface area (Å²) in [5.74, 6) is 0.162. The van der Waals surface area contributed by atoms with E-state index in [-0.39, 0.29) is 6.42 Å². The van der Waals surface area contributed by atoms with E-state index in [1.165, 1.54) is 22.3 Å². The molecule has 9 heteroatoms. The highest BCUT2D eigenvalue weighted by Gasteiger charge is 2.42. The first-order valence-corrected chi connectivity index (χ1v) is 13.9. The van der Waals surface area contributed by atoms with Gasteiger partial charge < -0.3 is 20.2 Å². The molecule has 2 aromatic heterocycles. The van der Waals surface area contributed by atoms with Gasteiger partial charge in [-0.1, -0.05) is 36.7 Å². The van der Waals surface area contributed by atoms with Crippen LogP contribution in [0.15, 0.2) is 59.4 Å². The standard InChI is InChI=1S/C29H28ClN5O2S/c1-29(13-26(36)37)17-35(25-6-4-3-5-23(25)29)27-24(30)14-31-28(33-27)32-20-11-19-15-34(2)9-7-21(19)22(12-20)18-8-10-38-16-18/h3-6,8,10-12,14,16H,7,9,13,15,17H2,1-2H3,(H,36,37)(H,31,32,33). The van der Waals surface area contributed by atoms with Gasteiger partial charge in [-0.25, -0.2) is 4.98 Å². The first-order chi connectivity index (χ1) is 18.3. The van der Waals surface area contributed by atoms with Crippen molar-refractivity contribution < 1.29 is 9.90 Å². The normalized spacial score (nSPS) is 18.8. The lowest BCUT2D eigenvalue weighted by Crippen LogP contribution is -2.31. The molecule has 4 aromatic rings. The Morgan fingerprint density at radius 1 is 1.26 bits per heavy atom. The number of nitrogens with one attached hydrogen (secondary N) is 1. The summed E-state index contributed by atoms with van der Waals surface area (Å²) >= 11 is 8.33. The molecule has 194 valence electrons. The summed E-state index contributed by atoms with van der Waals surface area (Å²) in [6, 6.07) is 14.4. The molecule has 0 radical (unpaired) electrons. The van der Waals surface area contributed by atoms with Crippen molar-refractivity contribution in [2.24, 2.45) is 0 Å². The molecule has 4 heterocycles. The predicted molar refractivity (Wildman–Crippen MR) is 153 cm³/mol. The summed E-state index contributed by atoms with van der Waals surface area (Å²) in [6.45, 7) is 4.37. The third kappa shape index (κ3) is 4.53. The number of aromatic nitrogens is 2. The highest BCUT2D eigenvalue weighted by molar-refractivity contribution is 7.08. The van der Waals surface area contributed by atoms with E-state index in [2.05, 4.69) is 51.2 Å². The van der Waals surface area contributed by atoms with Gasteiger partial charge in [-0.05, 0) is 76.3 Å². The Morgan fingerprint density at radius 3 is 2.89 bits per heavy atom. The monoisotopic (exact) mass is 545 g/mol. The van der Waals surface area contributed by atoms with Crippen molar-refractivity contribution in [3.63, 3.8) is 0 Å². The first-order valence-electron chi connectivity index (χ1n) is 12.6. The quantitative estimate of drug-likeness (QED) is 0.287. The van der Waals surface area contributed by atoms with Crippen molar-refractivity contribution >= 4 is 52.0 Å². The fourth-order valence-electron chi connectivity index (χ4n) is 5.74. The lowest BCUT2D eigenvalue weighted by Gasteiger charge is -2.28. The maximum absolute atomic E-state index is 11.7. The van der Waals surface area contributed by atoms with Gasteiger partial charge in [-0.2, -0.15) is 16.3 Å². The van der Waals surface area contributed by atoms with Crippen molar-refractivity contribution in [3.05, 3.63) is 81.1 Å². The number of carboxylic acid groups (broad SMARTS) is 1. The molecular weight excluding hydrogens is 518 g/mol. The Balaban J connectivity index is 1.37. The Kier molecular flexibility index (Phi) is 6.34. The highest BCUT2D eigenvalue weighted by atomic mass is 35.5. The van der Waals surface area contributed by atoms with Crippen LogP contribution in [0.25, 0.3) is 11.1 Å². The second-order valence-corrected chi connectivity index (χ2v) is 11.6. The van der Waals surface area contributed by atoms with Gasteiger partial charge in [0.25, 0.3) is 0 Å². The van der Waals surface area contributed by atoms with Gasteiger partial charge >= 0.3 is 5.97 Å². The van der Waals surface area contributed by atoms with Crippen molar-refractivity contribution in [1.82, 2.24) is 14.9 Å². The average molecular weight is 546 g/mol. The molecule has 0 saturated carbocycles. The summed E-state index contributed by atoms with van der Waals surface area (Å²) < 4.78 is 0. The molecular formula is C29H28ClN5O2S. The molecule has 7 nitrogen and oxygen atoms in total. The lowest BCUT2D eigenvalue weighted by atomic mass is 9.81. The molecule has 38 heavy (non-hydrogen) atoms. The van der Waals surface area contributed by atoms with Crippen molar-refractivity contribution in [1.29, 1.82) is 0 Å². The number of halogens is 1. The summed E-state index contributed by atoms with van der Waals surface area (Å²) in [4.78, 5) is 25.3. The number of likely N-dealkylation sites (N-methyl/N-ethyl adjacent to an activating group) is 1. The molecule has 0 saturated heterocycles. The Labute approximate surface area is 230 Å². The zero-order chi connectivity index (χ0) is 26.4. The number of aliphatic carboxylic acids is 1. The van der Waals surface area contributed by atoms with E-state index in [1.807, 2.05) is 36.1 Å². The summed E-state index contributed by atoms with van der Waals surface area (Å²) in [5.41, 5.74) is 7.42. The molecule has 1 unspecified atom stereocenters. The van der Waals surface area contributed by atoms with Crippen LogP contribution < -0.4 is 10.2 Å². The summed E-state index contributed by atoms with van der Waals surface area (Å²) in [7, 11) is 2.15. The first kappa shape index (κ1) is 24.9. The molecule has 0 bridgehead atoms. The highest BCUT2D eigenvalue weighted by Crippen LogP contribution is 2.47. The van der Waals surface area contributed by atoms with E-state index in [0.717, 1.165) is 36.4 Å². The number of nitrogens with zero attached hydrogens (tertiary/aromatic N) is 4. The van der Waals surface area contributed by atoms with Crippen LogP contribution in [-0.2, 0) is 23.2 Å². The average Bonchev–Trinajstić information content (AvgIpc) is 3.51. The molecule has 2 aliphatic rings. The van der Waals surface area contributed by atoms with Crippen LogP contribution in [0.2, 0.25) is 5.02 Å². The molecule has 0 aliphatic carbocycles. The number of hydrogen-bond donors (Lipinski definition) is 2. The van der Waals surface area contributed by atoms with Gasteiger partial charge in [0, 0.05) is 36.4 Å². The molecule has 0 spiro atoms. The predicted octanol–water partition coefficient (Wildman–Crippen LogP) is 6.47. The van der Waals surface area contributed by atoms with Crippen LogP contribution in [-0.4, -0.2) is 46.1 Å². The number of rotatable bonds is 6. The Hall–Kier alpha value is -3.46. The van der Waals surface area contributed by atoms with Gasteiger partial charge in [0.05, 0.1) is 12.6 Å². The number of carboxylic acids is 1. The smallest absolute Gasteiger partial charge is 0.304 e. The third-order valence-corrected chi connectivity index (χ3v) is 8.44. The molecule has 1 atom stereocenters. The van der Waals surface area contributed by atoms with E-state index in [4.69, 9.17) is 16.6 Å². The van der Waals surface area contributed by atoms with Crippen LogP contribution in [0.4, 0.5) is 23.1 Å². The molecule has 0 amide bonds. The van der Waals surface area contributed by atoms with Crippen LogP contribution in [0, 0.1) is 0 Å². The number of carbonyl (C=O) groups is 1. The minimum Gasteiger partial charge on any atom is -0.481 e. The summed E-state index contributed by atoms with van der Waals surface area (Å²) in [5, 5.41) is 17.7.